The molecular weight excluding hydrogens is 376 g/mol. The second kappa shape index (κ2) is 11.3. The number of likely N-dealkylation sites (N-methyl/N-ethyl adjacent to an activating group) is 1. The summed E-state index contributed by atoms with van der Waals surface area (Å²) in [7, 11) is 0. The monoisotopic (exact) mass is 414 g/mol. The molecule has 30 heavy (non-hydrogen) atoms. The second-order valence-corrected chi connectivity index (χ2v) is 8.44. The average molecular weight is 415 g/mol. The molecule has 0 spiro atoms. The molecule has 1 aromatic rings. The first-order valence-electron chi connectivity index (χ1n) is 11.4. The van der Waals surface area contributed by atoms with Crippen molar-refractivity contribution in [2.45, 2.75) is 33.2 Å². The zero-order valence-corrected chi connectivity index (χ0v) is 18.8. The molecule has 0 saturated carbocycles. The smallest absolute Gasteiger partial charge is 0.229 e. The van der Waals surface area contributed by atoms with Crippen LogP contribution in [0.15, 0.2) is 35.3 Å². The summed E-state index contributed by atoms with van der Waals surface area (Å²) in [5, 5.41) is 6.82. The van der Waals surface area contributed by atoms with Gasteiger partial charge in [-0.25, -0.2) is 0 Å². The quantitative estimate of drug-likeness (QED) is 0.500. The van der Waals surface area contributed by atoms with E-state index in [4.69, 9.17) is 4.99 Å². The second-order valence-electron chi connectivity index (χ2n) is 8.44. The van der Waals surface area contributed by atoms with Gasteiger partial charge < -0.3 is 25.3 Å². The van der Waals surface area contributed by atoms with Gasteiger partial charge in [-0.1, -0.05) is 32.0 Å². The standard InChI is InChI=1S/C23H38N6O/c1-4-24-23(25-16-19(3)17-28-13-11-27(5-2)12-14-28)26-20-15-22(30)29(18-20)21-9-7-6-8-10-21/h6-10,19-20H,4-5,11-18H2,1-3H3,(H2,24,25,26). The van der Waals surface area contributed by atoms with Gasteiger partial charge in [0.15, 0.2) is 5.96 Å². The molecule has 1 aromatic carbocycles. The molecule has 0 radical (unpaired) electrons. The van der Waals surface area contributed by atoms with Crippen molar-refractivity contribution in [1.82, 2.24) is 20.4 Å². The van der Waals surface area contributed by atoms with E-state index in [1.54, 1.807) is 0 Å². The number of aliphatic imine (C=N–C) groups is 1. The molecule has 166 valence electrons. The maximum absolute atomic E-state index is 12.5. The maximum atomic E-state index is 12.5. The van der Waals surface area contributed by atoms with Crippen molar-refractivity contribution in [3.8, 4) is 0 Å². The number of carbonyl (C=O) groups is 1. The number of nitrogens with zero attached hydrogens (tertiary/aromatic N) is 4. The van der Waals surface area contributed by atoms with Crippen molar-refractivity contribution in [2.75, 3.05) is 63.8 Å². The van der Waals surface area contributed by atoms with Crippen molar-refractivity contribution in [1.29, 1.82) is 0 Å². The van der Waals surface area contributed by atoms with Crippen LogP contribution in [0.4, 0.5) is 5.69 Å². The first-order valence-corrected chi connectivity index (χ1v) is 11.4. The lowest BCUT2D eigenvalue weighted by Gasteiger charge is -2.35. The summed E-state index contributed by atoms with van der Waals surface area (Å²) in [6.07, 6.45) is 0.497. The SMILES string of the molecule is CCNC(=NCC(C)CN1CCN(CC)CC1)NC1CC(=O)N(c2ccccc2)C1. The van der Waals surface area contributed by atoms with Gasteiger partial charge in [0, 0.05) is 64.5 Å². The Morgan fingerprint density at radius 1 is 1.13 bits per heavy atom. The predicted molar refractivity (Wildman–Crippen MR) is 124 cm³/mol. The highest BCUT2D eigenvalue weighted by atomic mass is 16.2. The summed E-state index contributed by atoms with van der Waals surface area (Å²) in [4.78, 5) is 24.2. The third-order valence-electron chi connectivity index (χ3n) is 5.92. The van der Waals surface area contributed by atoms with Crippen LogP contribution in [0.5, 0.6) is 0 Å². The van der Waals surface area contributed by atoms with Crippen LogP contribution in [-0.4, -0.2) is 86.6 Å². The normalized spacial score (nSPS) is 22.4. The van der Waals surface area contributed by atoms with Crippen LogP contribution < -0.4 is 15.5 Å². The molecule has 2 saturated heterocycles. The zero-order valence-electron chi connectivity index (χ0n) is 18.8. The number of nitrogens with one attached hydrogen (secondary N) is 2. The Morgan fingerprint density at radius 3 is 2.50 bits per heavy atom. The summed E-state index contributed by atoms with van der Waals surface area (Å²) < 4.78 is 0. The highest BCUT2D eigenvalue weighted by Crippen LogP contribution is 2.21. The molecular formula is C23H38N6O. The first kappa shape index (κ1) is 22.6. The Kier molecular flexibility index (Phi) is 8.51. The first-order chi connectivity index (χ1) is 14.6. The lowest BCUT2D eigenvalue weighted by atomic mass is 10.1. The molecule has 2 atom stereocenters. The van der Waals surface area contributed by atoms with Crippen LogP contribution in [0.3, 0.4) is 0 Å². The molecule has 0 aliphatic carbocycles. The topological polar surface area (TPSA) is 63.2 Å². The van der Waals surface area contributed by atoms with Crippen LogP contribution in [0.1, 0.15) is 27.2 Å². The number of carbonyl (C=O) groups excluding carboxylic acids is 1. The lowest BCUT2D eigenvalue weighted by molar-refractivity contribution is -0.117. The fourth-order valence-electron chi connectivity index (χ4n) is 4.21. The van der Waals surface area contributed by atoms with E-state index in [1.165, 1.54) is 13.1 Å². The van der Waals surface area contributed by atoms with Gasteiger partial charge in [-0.3, -0.25) is 9.79 Å². The summed E-state index contributed by atoms with van der Waals surface area (Å²) in [5.41, 5.74) is 0.963. The van der Waals surface area contributed by atoms with Crippen molar-refractivity contribution in [3.05, 3.63) is 30.3 Å². The third kappa shape index (κ3) is 6.44. The molecule has 2 unspecified atom stereocenters. The molecule has 2 N–H and O–H groups in total. The van der Waals surface area contributed by atoms with Crippen LogP contribution >= 0.6 is 0 Å². The molecule has 7 nitrogen and oxygen atoms in total. The third-order valence-corrected chi connectivity index (χ3v) is 5.92. The maximum Gasteiger partial charge on any atom is 0.229 e. The van der Waals surface area contributed by atoms with Gasteiger partial charge in [0.25, 0.3) is 0 Å². The Balaban J connectivity index is 1.49. The summed E-state index contributed by atoms with van der Waals surface area (Å²) in [6, 6.07) is 9.97. The van der Waals surface area contributed by atoms with Crippen LogP contribution in [0, 0.1) is 5.92 Å². The Hall–Kier alpha value is -2.12. The van der Waals surface area contributed by atoms with E-state index in [1.807, 2.05) is 35.2 Å². The van der Waals surface area contributed by atoms with Crippen molar-refractivity contribution >= 4 is 17.6 Å². The minimum absolute atomic E-state index is 0.0768. The van der Waals surface area contributed by atoms with Gasteiger partial charge in [-0.2, -0.15) is 0 Å². The van der Waals surface area contributed by atoms with Crippen LogP contribution in [0.25, 0.3) is 0 Å². The predicted octanol–water partition coefficient (Wildman–Crippen LogP) is 1.62. The Bertz CT molecular complexity index is 686. The van der Waals surface area contributed by atoms with Crippen molar-refractivity contribution in [2.24, 2.45) is 10.9 Å². The van der Waals surface area contributed by atoms with Crippen LogP contribution in [-0.2, 0) is 4.79 Å². The van der Waals surface area contributed by atoms with Crippen molar-refractivity contribution in [3.63, 3.8) is 0 Å². The molecule has 2 fully saturated rings. The Morgan fingerprint density at radius 2 is 1.83 bits per heavy atom. The number of piperazine rings is 1. The largest absolute Gasteiger partial charge is 0.357 e. The average Bonchev–Trinajstić information content (AvgIpc) is 3.13. The molecule has 1 amide bonds. The van der Waals surface area contributed by atoms with Gasteiger partial charge in [0.05, 0.1) is 6.04 Å². The minimum atomic E-state index is 0.0768. The van der Waals surface area contributed by atoms with Crippen molar-refractivity contribution < 1.29 is 4.79 Å². The van der Waals surface area contributed by atoms with Gasteiger partial charge in [0.2, 0.25) is 5.91 Å². The molecule has 2 aliphatic heterocycles. The van der Waals surface area contributed by atoms with E-state index in [0.717, 1.165) is 50.9 Å². The Labute approximate surface area is 181 Å². The molecule has 3 rings (SSSR count). The summed E-state index contributed by atoms with van der Waals surface area (Å²) in [5.74, 6) is 1.47. The number of hydrogen-bond acceptors (Lipinski definition) is 4. The van der Waals surface area contributed by atoms with Crippen LogP contribution in [0.2, 0.25) is 0 Å². The number of anilines is 1. The van der Waals surface area contributed by atoms with Gasteiger partial charge in [-0.15, -0.1) is 0 Å². The number of benzene rings is 1. The molecule has 7 heteroatoms. The molecule has 0 aromatic heterocycles. The van der Waals surface area contributed by atoms with E-state index in [-0.39, 0.29) is 11.9 Å². The van der Waals surface area contributed by atoms with E-state index in [0.29, 0.717) is 18.9 Å². The number of guanidine groups is 1. The molecule has 0 bridgehead atoms. The highest BCUT2D eigenvalue weighted by Gasteiger charge is 2.31. The fraction of sp³-hybridized carbons (Fsp3) is 0.652. The molecule has 2 aliphatic rings. The highest BCUT2D eigenvalue weighted by molar-refractivity contribution is 5.97. The van der Waals surface area contributed by atoms with Gasteiger partial charge in [0.1, 0.15) is 0 Å². The van der Waals surface area contributed by atoms with E-state index in [2.05, 4.69) is 41.2 Å². The van der Waals surface area contributed by atoms with E-state index in [9.17, 15) is 4.79 Å². The number of amides is 1. The van der Waals surface area contributed by atoms with E-state index < -0.39 is 0 Å². The number of rotatable bonds is 8. The zero-order chi connectivity index (χ0) is 21.3. The summed E-state index contributed by atoms with van der Waals surface area (Å²) in [6.45, 7) is 15.7. The lowest BCUT2D eigenvalue weighted by Crippen LogP contribution is -2.47. The van der Waals surface area contributed by atoms with Gasteiger partial charge >= 0.3 is 0 Å². The molecule has 2 heterocycles. The van der Waals surface area contributed by atoms with E-state index >= 15 is 0 Å². The minimum Gasteiger partial charge on any atom is -0.357 e. The fourth-order valence-corrected chi connectivity index (χ4v) is 4.21. The number of para-hydroxylation sites is 1. The number of hydrogen-bond donors (Lipinski definition) is 2. The van der Waals surface area contributed by atoms with Gasteiger partial charge in [-0.05, 0) is 31.5 Å². The summed E-state index contributed by atoms with van der Waals surface area (Å²) >= 11 is 0.